The van der Waals surface area contributed by atoms with Crippen LogP contribution in [0.25, 0.3) is 0 Å². The molecule has 2 N–H and O–H groups in total. The Kier molecular flexibility index (Phi) is 7.08. The van der Waals surface area contributed by atoms with Gasteiger partial charge in [0.05, 0.1) is 0 Å². The molecule has 0 spiro atoms. The Labute approximate surface area is 121 Å². The monoisotopic (exact) mass is 300 g/mol. The van der Waals surface area contributed by atoms with Gasteiger partial charge in [-0.3, -0.25) is 0 Å². The number of pyridine rings is 1. The predicted octanol–water partition coefficient (Wildman–Crippen LogP) is 0.421. The first-order valence-corrected chi connectivity index (χ1v) is 8.31. The minimum Gasteiger partial charge on any atom is -0.313 e. The van der Waals surface area contributed by atoms with Gasteiger partial charge in [0.15, 0.2) is 5.03 Å². The summed E-state index contributed by atoms with van der Waals surface area (Å²) >= 11 is 0. The maximum absolute atomic E-state index is 12.0. The van der Waals surface area contributed by atoms with E-state index in [-0.39, 0.29) is 5.03 Å². The fraction of sp³-hybridized carbons (Fsp3) is 0.615. The van der Waals surface area contributed by atoms with Crippen LogP contribution in [0.5, 0.6) is 0 Å². The highest BCUT2D eigenvalue weighted by molar-refractivity contribution is 7.89. The van der Waals surface area contributed by atoms with E-state index in [4.69, 9.17) is 0 Å². The van der Waals surface area contributed by atoms with Crippen LogP contribution in [-0.2, 0) is 16.6 Å². The number of aromatic nitrogens is 1. The summed E-state index contributed by atoms with van der Waals surface area (Å²) in [7, 11) is -1.56. The molecule has 0 unspecified atom stereocenters. The number of nitrogens with one attached hydrogen (secondary N) is 2. The van der Waals surface area contributed by atoms with E-state index in [1.54, 1.807) is 18.3 Å². The number of likely N-dealkylation sites (N-methyl/N-ethyl adjacent to an activating group) is 1. The second-order valence-corrected chi connectivity index (χ2v) is 6.29. The highest BCUT2D eigenvalue weighted by Gasteiger charge is 2.14. The molecule has 0 aliphatic heterocycles. The lowest BCUT2D eigenvalue weighted by molar-refractivity contribution is 0.358. The van der Waals surface area contributed by atoms with Crippen LogP contribution in [0.1, 0.15) is 19.4 Å². The Balaban J connectivity index is 2.58. The molecule has 1 aromatic rings. The third kappa shape index (κ3) is 5.54. The van der Waals surface area contributed by atoms with Crippen molar-refractivity contribution in [2.45, 2.75) is 25.4 Å². The lowest BCUT2D eigenvalue weighted by Crippen LogP contribution is -2.33. The van der Waals surface area contributed by atoms with E-state index in [0.29, 0.717) is 19.6 Å². The van der Waals surface area contributed by atoms with E-state index in [1.807, 2.05) is 25.8 Å². The lowest BCUT2D eigenvalue weighted by atomic mass is 10.3. The highest BCUT2D eigenvalue weighted by atomic mass is 32.2. The molecule has 7 heteroatoms. The Hall–Kier alpha value is -1.02. The van der Waals surface area contributed by atoms with E-state index < -0.39 is 10.0 Å². The standard InChI is InChI=1S/C13H24N4O2S/c1-4-14-10-12-6-7-13(15-11-12)20(18,19)16-8-9-17(3)5-2/h6-7,11,14,16H,4-5,8-10H2,1-3H3. The summed E-state index contributed by atoms with van der Waals surface area (Å²) < 4.78 is 26.6. The summed E-state index contributed by atoms with van der Waals surface area (Å²) in [6.07, 6.45) is 1.59. The molecule has 0 atom stereocenters. The molecule has 0 aromatic carbocycles. The number of rotatable bonds is 9. The molecule has 0 bridgehead atoms. The van der Waals surface area contributed by atoms with Crippen molar-refractivity contribution >= 4 is 10.0 Å². The van der Waals surface area contributed by atoms with Crippen molar-refractivity contribution < 1.29 is 8.42 Å². The van der Waals surface area contributed by atoms with Crippen LogP contribution in [0, 0.1) is 0 Å². The van der Waals surface area contributed by atoms with Gasteiger partial charge in [-0.15, -0.1) is 0 Å². The van der Waals surface area contributed by atoms with Gasteiger partial charge >= 0.3 is 0 Å². The van der Waals surface area contributed by atoms with E-state index in [2.05, 4.69) is 15.0 Å². The molecule has 0 aliphatic carbocycles. The summed E-state index contributed by atoms with van der Waals surface area (Å²) in [6.45, 7) is 7.55. The average Bonchev–Trinajstić information content (AvgIpc) is 2.45. The topological polar surface area (TPSA) is 74.3 Å². The van der Waals surface area contributed by atoms with Crippen molar-refractivity contribution in [3.05, 3.63) is 23.9 Å². The van der Waals surface area contributed by atoms with Crippen LogP contribution >= 0.6 is 0 Å². The zero-order chi connectivity index (χ0) is 15.0. The highest BCUT2D eigenvalue weighted by Crippen LogP contribution is 2.06. The van der Waals surface area contributed by atoms with Crippen molar-refractivity contribution in [2.75, 3.05) is 33.2 Å². The largest absolute Gasteiger partial charge is 0.313 e. The van der Waals surface area contributed by atoms with Gasteiger partial charge in [-0.2, -0.15) is 0 Å². The maximum atomic E-state index is 12.0. The van der Waals surface area contributed by atoms with Gasteiger partial charge in [-0.1, -0.05) is 19.9 Å². The molecule has 0 aliphatic rings. The first-order valence-electron chi connectivity index (χ1n) is 6.83. The van der Waals surface area contributed by atoms with Crippen molar-refractivity contribution in [1.29, 1.82) is 0 Å². The summed E-state index contributed by atoms with van der Waals surface area (Å²) in [4.78, 5) is 6.05. The van der Waals surface area contributed by atoms with Crippen molar-refractivity contribution in [1.82, 2.24) is 19.9 Å². The summed E-state index contributed by atoms with van der Waals surface area (Å²) in [6, 6.07) is 3.32. The van der Waals surface area contributed by atoms with Gasteiger partial charge in [0.25, 0.3) is 10.0 Å². The fourth-order valence-electron chi connectivity index (χ4n) is 1.55. The third-order valence-electron chi connectivity index (χ3n) is 2.98. The average molecular weight is 300 g/mol. The molecule has 1 heterocycles. The minimum absolute atomic E-state index is 0.0666. The van der Waals surface area contributed by atoms with Crippen LogP contribution in [0.3, 0.4) is 0 Å². The van der Waals surface area contributed by atoms with Gasteiger partial charge < -0.3 is 10.2 Å². The Morgan fingerprint density at radius 2 is 2.05 bits per heavy atom. The van der Waals surface area contributed by atoms with Gasteiger partial charge in [-0.25, -0.2) is 18.1 Å². The first kappa shape index (κ1) is 17.0. The molecular formula is C13H24N4O2S. The molecule has 0 fully saturated rings. The van der Waals surface area contributed by atoms with Crippen LogP contribution in [0.15, 0.2) is 23.4 Å². The number of hydrogen-bond donors (Lipinski definition) is 2. The normalized spacial score (nSPS) is 12.0. The first-order chi connectivity index (χ1) is 9.49. The van der Waals surface area contributed by atoms with Crippen molar-refractivity contribution in [2.24, 2.45) is 0 Å². The zero-order valence-electron chi connectivity index (χ0n) is 12.4. The Bertz CT molecular complexity index is 488. The van der Waals surface area contributed by atoms with Crippen molar-refractivity contribution in [3.63, 3.8) is 0 Å². The number of hydrogen-bond acceptors (Lipinski definition) is 5. The van der Waals surface area contributed by atoms with E-state index in [0.717, 1.165) is 18.7 Å². The predicted molar refractivity (Wildman–Crippen MR) is 80.0 cm³/mol. The molecule has 0 saturated heterocycles. The molecule has 0 amide bonds. The molecule has 1 rings (SSSR count). The summed E-state index contributed by atoms with van der Waals surface area (Å²) in [5, 5.41) is 3.23. The quantitative estimate of drug-likeness (QED) is 0.691. The lowest BCUT2D eigenvalue weighted by Gasteiger charge is -2.14. The number of nitrogens with zero attached hydrogens (tertiary/aromatic N) is 2. The van der Waals surface area contributed by atoms with E-state index >= 15 is 0 Å². The Morgan fingerprint density at radius 3 is 2.60 bits per heavy atom. The van der Waals surface area contributed by atoms with Crippen LogP contribution in [-0.4, -0.2) is 51.5 Å². The smallest absolute Gasteiger partial charge is 0.258 e. The van der Waals surface area contributed by atoms with E-state index in [1.165, 1.54) is 0 Å². The fourth-order valence-corrected chi connectivity index (χ4v) is 2.49. The van der Waals surface area contributed by atoms with Crippen LogP contribution < -0.4 is 10.0 Å². The molecule has 0 radical (unpaired) electrons. The summed E-state index contributed by atoms with van der Waals surface area (Å²) in [5.41, 5.74) is 0.969. The second kappa shape index (κ2) is 8.31. The molecule has 114 valence electrons. The summed E-state index contributed by atoms with van der Waals surface area (Å²) in [5.74, 6) is 0. The number of sulfonamides is 1. The molecule has 0 saturated carbocycles. The third-order valence-corrected chi connectivity index (χ3v) is 4.35. The molecule has 20 heavy (non-hydrogen) atoms. The van der Waals surface area contributed by atoms with Gasteiger partial charge in [-0.05, 0) is 31.8 Å². The van der Waals surface area contributed by atoms with Crippen LogP contribution in [0.2, 0.25) is 0 Å². The van der Waals surface area contributed by atoms with Gasteiger partial charge in [0, 0.05) is 25.8 Å². The Morgan fingerprint density at radius 1 is 1.30 bits per heavy atom. The van der Waals surface area contributed by atoms with Crippen molar-refractivity contribution in [3.8, 4) is 0 Å². The van der Waals surface area contributed by atoms with Gasteiger partial charge in [0.2, 0.25) is 0 Å². The SMILES string of the molecule is CCNCc1ccc(S(=O)(=O)NCCN(C)CC)nc1. The molecule has 1 aromatic heterocycles. The maximum Gasteiger partial charge on any atom is 0.258 e. The van der Waals surface area contributed by atoms with E-state index in [9.17, 15) is 8.42 Å². The zero-order valence-corrected chi connectivity index (χ0v) is 13.2. The van der Waals surface area contributed by atoms with Gasteiger partial charge in [0.1, 0.15) is 0 Å². The molecular weight excluding hydrogens is 276 g/mol. The minimum atomic E-state index is -3.51. The van der Waals surface area contributed by atoms with Crippen LogP contribution in [0.4, 0.5) is 0 Å². The molecule has 6 nitrogen and oxygen atoms in total. The second-order valence-electron chi connectivity index (χ2n) is 4.58.